The van der Waals surface area contributed by atoms with Crippen LogP contribution in [0.5, 0.6) is 0 Å². The smallest absolute Gasteiger partial charge is 0.0598 e. The predicted molar refractivity (Wildman–Crippen MR) is 86.8 cm³/mol. The molecule has 0 saturated carbocycles. The van der Waals surface area contributed by atoms with E-state index in [2.05, 4.69) is 43.1 Å². The zero-order valence-electron chi connectivity index (χ0n) is 12.0. The maximum Gasteiger partial charge on any atom is 0.0598 e. The van der Waals surface area contributed by atoms with Crippen molar-refractivity contribution in [3.63, 3.8) is 0 Å². The van der Waals surface area contributed by atoms with Gasteiger partial charge in [0.15, 0.2) is 0 Å². The lowest BCUT2D eigenvalue weighted by Crippen LogP contribution is -2.04. The number of rotatable bonds is 11. The van der Waals surface area contributed by atoms with Crippen LogP contribution in [0.1, 0.15) is 65.2 Å². The summed E-state index contributed by atoms with van der Waals surface area (Å²) in [7, 11) is 0. The van der Waals surface area contributed by atoms with Gasteiger partial charge in [-0.05, 0) is 30.2 Å². The molecule has 0 saturated heterocycles. The van der Waals surface area contributed by atoms with Crippen LogP contribution in [0.4, 0.5) is 0 Å². The lowest BCUT2D eigenvalue weighted by atomic mass is 9.97. The maximum atomic E-state index is 2.31. The first-order chi connectivity index (χ1) is 8.86. The van der Waals surface area contributed by atoms with Crippen LogP contribution in [0, 0.1) is 5.92 Å². The first-order valence-electron chi connectivity index (χ1n) is 7.53. The van der Waals surface area contributed by atoms with Gasteiger partial charge in [0.25, 0.3) is 0 Å². The molecule has 0 N–H and O–H groups in total. The molecule has 0 amide bonds. The summed E-state index contributed by atoms with van der Waals surface area (Å²) in [6.07, 6.45) is 11.3. The van der Waals surface area contributed by atoms with Crippen molar-refractivity contribution in [2.75, 3.05) is 5.75 Å². The molecule has 1 atom stereocenters. The highest BCUT2D eigenvalue weighted by Gasteiger charge is 2.09. The van der Waals surface area contributed by atoms with E-state index in [0.29, 0.717) is 0 Å². The SMILES string of the molecule is CCCCCCC(CCCC)CSc1cccs1. The minimum atomic E-state index is 0.939. The van der Waals surface area contributed by atoms with Crippen molar-refractivity contribution in [2.45, 2.75) is 69.4 Å². The molecular weight excluding hydrogens is 256 g/mol. The Morgan fingerprint density at radius 3 is 2.50 bits per heavy atom. The quantitative estimate of drug-likeness (QED) is 0.325. The van der Waals surface area contributed by atoms with E-state index in [0.717, 1.165) is 5.92 Å². The van der Waals surface area contributed by atoms with Crippen LogP contribution in [0.15, 0.2) is 21.7 Å². The zero-order chi connectivity index (χ0) is 13.1. The van der Waals surface area contributed by atoms with Gasteiger partial charge >= 0.3 is 0 Å². The molecular formula is C16H28S2. The summed E-state index contributed by atoms with van der Waals surface area (Å²) in [6.45, 7) is 4.60. The molecule has 0 nitrogen and oxygen atoms in total. The summed E-state index contributed by atoms with van der Waals surface area (Å²) in [4.78, 5) is 0. The van der Waals surface area contributed by atoms with Crippen LogP contribution in [-0.4, -0.2) is 5.75 Å². The van der Waals surface area contributed by atoms with Crippen LogP contribution < -0.4 is 0 Å². The average molecular weight is 285 g/mol. The predicted octanol–water partition coefficient (Wildman–Crippen LogP) is 6.62. The topological polar surface area (TPSA) is 0 Å². The van der Waals surface area contributed by atoms with Gasteiger partial charge in [-0.1, -0.05) is 58.4 Å². The van der Waals surface area contributed by atoms with Gasteiger partial charge in [-0.2, -0.15) is 0 Å². The summed E-state index contributed by atoms with van der Waals surface area (Å²) < 4.78 is 1.49. The van der Waals surface area contributed by atoms with Gasteiger partial charge in [-0.15, -0.1) is 23.1 Å². The lowest BCUT2D eigenvalue weighted by molar-refractivity contribution is 0.451. The van der Waals surface area contributed by atoms with Crippen molar-refractivity contribution in [3.8, 4) is 0 Å². The third kappa shape index (κ3) is 7.48. The molecule has 1 heterocycles. The number of hydrogen-bond acceptors (Lipinski definition) is 2. The molecule has 18 heavy (non-hydrogen) atoms. The number of hydrogen-bond donors (Lipinski definition) is 0. The molecule has 0 spiro atoms. The van der Waals surface area contributed by atoms with Crippen molar-refractivity contribution in [2.24, 2.45) is 5.92 Å². The minimum Gasteiger partial charge on any atom is -0.137 e. The van der Waals surface area contributed by atoms with E-state index in [4.69, 9.17) is 0 Å². The van der Waals surface area contributed by atoms with E-state index in [1.165, 1.54) is 61.3 Å². The summed E-state index contributed by atoms with van der Waals surface area (Å²) in [5.41, 5.74) is 0. The maximum absolute atomic E-state index is 2.31. The van der Waals surface area contributed by atoms with Crippen LogP contribution in [0.3, 0.4) is 0 Å². The molecule has 0 aliphatic carbocycles. The molecule has 0 aromatic carbocycles. The van der Waals surface area contributed by atoms with Crippen molar-refractivity contribution in [3.05, 3.63) is 17.5 Å². The number of thioether (sulfide) groups is 1. The number of unbranched alkanes of at least 4 members (excludes halogenated alkanes) is 4. The Hall–Kier alpha value is 0.0500. The lowest BCUT2D eigenvalue weighted by Gasteiger charge is -2.15. The Morgan fingerprint density at radius 1 is 1.06 bits per heavy atom. The highest BCUT2D eigenvalue weighted by Crippen LogP contribution is 2.29. The summed E-state index contributed by atoms with van der Waals surface area (Å²) in [5.74, 6) is 2.26. The largest absolute Gasteiger partial charge is 0.137 e. The minimum absolute atomic E-state index is 0.939. The van der Waals surface area contributed by atoms with E-state index in [9.17, 15) is 0 Å². The molecule has 1 aromatic rings. The average Bonchev–Trinajstić information content (AvgIpc) is 2.90. The molecule has 0 aliphatic rings. The molecule has 1 rings (SSSR count). The van der Waals surface area contributed by atoms with Crippen LogP contribution in [0.25, 0.3) is 0 Å². The van der Waals surface area contributed by atoms with Gasteiger partial charge in [0.2, 0.25) is 0 Å². The molecule has 0 aliphatic heterocycles. The molecule has 2 heteroatoms. The Labute approximate surface area is 122 Å². The van der Waals surface area contributed by atoms with Gasteiger partial charge in [0.1, 0.15) is 0 Å². The van der Waals surface area contributed by atoms with Crippen molar-refractivity contribution in [1.29, 1.82) is 0 Å². The third-order valence-corrected chi connectivity index (χ3v) is 5.75. The van der Waals surface area contributed by atoms with Crippen molar-refractivity contribution < 1.29 is 0 Å². The van der Waals surface area contributed by atoms with Crippen LogP contribution in [0.2, 0.25) is 0 Å². The van der Waals surface area contributed by atoms with Gasteiger partial charge in [0, 0.05) is 5.75 Å². The second-order valence-electron chi connectivity index (χ2n) is 5.10. The van der Waals surface area contributed by atoms with Crippen molar-refractivity contribution >= 4 is 23.1 Å². The van der Waals surface area contributed by atoms with E-state index in [-0.39, 0.29) is 0 Å². The standard InChI is InChI=1S/C16H28S2/c1-3-5-7-8-11-15(10-6-4-2)14-18-16-12-9-13-17-16/h9,12-13,15H,3-8,10-11,14H2,1-2H3. The molecule has 1 aromatic heterocycles. The third-order valence-electron chi connectivity index (χ3n) is 3.39. The first-order valence-corrected chi connectivity index (χ1v) is 9.39. The monoisotopic (exact) mass is 284 g/mol. The van der Waals surface area contributed by atoms with Crippen LogP contribution in [-0.2, 0) is 0 Å². The Bertz CT molecular complexity index is 267. The fourth-order valence-electron chi connectivity index (χ4n) is 2.21. The summed E-state index contributed by atoms with van der Waals surface area (Å²) >= 11 is 3.95. The highest BCUT2D eigenvalue weighted by molar-refractivity contribution is 8.01. The molecule has 0 bridgehead atoms. The van der Waals surface area contributed by atoms with Crippen molar-refractivity contribution in [1.82, 2.24) is 0 Å². The molecule has 0 radical (unpaired) electrons. The van der Waals surface area contributed by atoms with Gasteiger partial charge in [0.05, 0.1) is 4.21 Å². The fraction of sp³-hybridized carbons (Fsp3) is 0.750. The zero-order valence-corrected chi connectivity index (χ0v) is 13.6. The normalized spacial score (nSPS) is 12.8. The molecule has 1 unspecified atom stereocenters. The summed E-state index contributed by atoms with van der Waals surface area (Å²) in [6, 6.07) is 4.42. The van der Waals surface area contributed by atoms with Gasteiger partial charge in [-0.3, -0.25) is 0 Å². The summed E-state index contributed by atoms with van der Waals surface area (Å²) in [5, 5.41) is 2.19. The van der Waals surface area contributed by atoms with Crippen LogP contribution >= 0.6 is 23.1 Å². The Kier molecular flexibility index (Phi) is 9.78. The Balaban J connectivity index is 2.21. The fourth-order valence-corrected chi connectivity index (χ4v) is 4.21. The van der Waals surface area contributed by atoms with Gasteiger partial charge in [-0.25, -0.2) is 0 Å². The van der Waals surface area contributed by atoms with E-state index < -0.39 is 0 Å². The highest BCUT2D eigenvalue weighted by atomic mass is 32.2. The number of thiophene rings is 1. The van der Waals surface area contributed by atoms with E-state index >= 15 is 0 Å². The van der Waals surface area contributed by atoms with E-state index in [1.807, 2.05) is 11.3 Å². The molecule has 104 valence electrons. The van der Waals surface area contributed by atoms with Gasteiger partial charge < -0.3 is 0 Å². The second kappa shape index (κ2) is 10.9. The second-order valence-corrected chi connectivity index (χ2v) is 7.37. The van der Waals surface area contributed by atoms with E-state index in [1.54, 1.807) is 0 Å². The molecule has 0 fully saturated rings. The Morgan fingerprint density at radius 2 is 1.83 bits per heavy atom. The first kappa shape index (κ1) is 16.1.